The Morgan fingerprint density at radius 3 is 1.29 bits per heavy atom. The fraction of sp³-hybridized carbons (Fsp3) is 0.130. The van der Waals surface area contributed by atoms with E-state index >= 15 is 0 Å². The minimum absolute atomic E-state index is 0.781. The zero-order valence-electron chi connectivity index (χ0n) is 30.5. The van der Waals surface area contributed by atoms with Crippen LogP contribution in [0.3, 0.4) is 0 Å². The summed E-state index contributed by atoms with van der Waals surface area (Å²) >= 11 is 0. The average molecular weight is 679 g/mol. The monoisotopic (exact) mass is 678 g/mol. The summed E-state index contributed by atoms with van der Waals surface area (Å²) in [7, 11) is 8.33. The lowest BCUT2D eigenvalue weighted by molar-refractivity contribution is 1.07. The summed E-state index contributed by atoms with van der Waals surface area (Å²) in [4.78, 5) is 4.30. The van der Waals surface area contributed by atoms with Crippen LogP contribution in [0.15, 0.2) is 146 Å². The highest BCUT2D eigenvalue weighted by molar-refractivity contribution is 6.11. The highest BCUT2D eigenvalue weighted by Crippen LogP contribution is 2.36. The summed E-state index contributed by atoms with van der Waals surface area (Å²) in [6, 6.07) is 50.5. The van der Waals surface area contributed by atoms with E-state index in [1.807, 2.05) is 62.4 Å². The van der Waals surface area contributed by atoms with Gasteiger partial charge in [0.1, 0.15) is 0 Å². The molecule has 2 aromatic heterocycles. The summed E-state index contributed by atoms with van der Waals surface area (Å²) in [5, 5.41) is 11.7. The minimum Gasteiger partial charge on any atom is -0.378 e. The van der Waals surface area contributed by atoms with Crippen molar-refractivity contribution >= 4 is 33.2 Å². The van der Waals surface area contributed by atoms with Crippen LogP contribution in [-0.2, 0) is 0 Å². The van der Waals surface area contributed by atoms with Crippen molar-refractivity contribution in [3.63, 3.8) is 0 Å². The smallest absolute Gasteiger partial charge is 0.168 e. The van der Waals surface area contributed by atoms with E-state index in [1.54, 1.807) is 0 Å². The first kappa shape index (κ1) is 33.9. The highest BCUT2D eigenvalue weighted by atomic mass is 15.3. The highest BCUT2D eigenvalue weighted by Gasteiger charge is 2.18. The summed E-state index contributed by atoms with van der Waals surface area (Å²) < 4.78 is 4.46. The van der Waals surface area contributed by atoms with Crippen LogP contribution in [0.4, 0.5) is 11.4 Å². The van der Waals surface area contributed by atoms with E-state index in [0.29, 0.717) is 0 Å². The molecule has 2 heterocycles. The van der Waals surface area contributed by atoms with Gasteiger partial charge in [0.15, 0.2) is 11.6 Å². The normalized spacial score (nSPS) is 10.7. The van der Waals surface area contributed by atoms with Gasteiger partial charge in [-0.25, -0.2) is 0 Å². The van der Waals surface area contributed by atoms with Crippen LogP contribution < -0.4 is 9.80 Å². The quantitative estimate of drug-likeness (QED) is 0.164. The second-order valence-corrected chi connectivity index (χ2v) is 12.8. The summed E-state index contributed by atoms with van der Waals surface area (Å²) in [5.74, 6) is 8.46. The van der Waals surface area contributed by atoms with Crippen LogP contribution in [0.5, 0.6) is 0 Å². The first-order valence-corrected chi connectivity index (χ1v) is 17.7. The largest absolute Gasteiger partial charge is 0.378 e. The van der Waals surface area contributed by atoms with Crippen LogP contribution >= 0.6 is 0 Å². The molecule has 0 aliphatic heterocycles. The third-order valence-electron chi connectivity index (χ3n) is 9.05. The maximum atomic E-state index is 4.64. The topological polar surface area (TPSA) is 42.1 Å². The van der Waals surface area contributed by atoms with Gasteiger partial charge < -0.3 is 14.4 Å². The van der Waals surface area contributed by atoms with Crippen LogP contribution in [0.25, 0.3) is 56.0 Å². The number of benzene rings is 6. The van der Waals surface area contributed by atoms with Crippen molar-refractivity contribution in [2.24, 2.45) is 0 Å². The van der Waals surface area contributed by atoms with Crippen molar-refractivity contribution in [2.75, 3.05) is 38.0 Å². The standard InChI is InChI=1S/C44H36N6.C2H6/c1-47(2)35-23-25-41-39(29-35)40-30-36(48(3)4)24-26-42(40)49(41)37-19-11-13-31(27-37)21-22-32-14-12-20-38(28-32)50-43(33-15-7-5-8-16-33)45-46-44(50)34-17-9-6-10-18-34;1-2/h5-20,23-30H,1-4H3;1-2H3. The van der Waals surface area contributed by atoms with Crippen LogP contribution in [-0.4, -0.2) is 47.5 Å². The molecule has 0 unspecified atom stereocenters. The molecule has 0 aliphatic rings. The van der Waals surface area contributed by atoms with E-state index in [9.17, 15) is 0 Å². The molecule has 0 saturated carbocycles. The Bertz CT molecular complexity index is 2430. The Labute approximate surface area is 306 Å². The SMILES string of the molecule is CC.CN(C)c1ccc2c(c1)c1cc(N(C)C)ccc1n2-c1cccc(C#Cc2cccc(-n3c(-c4ccccc4)nnc3-c3ccccc3)c2)c1. The van der Waals surface area contributed by atoms with Crippen molar-refractivity contribution in [3.8, 4) is 46.0 Å². The Balaban J connectivity index is 0.00000207. The maximum absolute atomic E-state index is 4.64. The Kier molecular flexibility index (Phi) is 9.60. The molecule has 0 N–H and O–H groups in total. The molecule has 0 aliphatic carbocycles. The number of rotatable bonds is 6. The van der Waals surface area contributed by atoms with Crippen LogP contribution in [0.2, 0.25) is 0 Å². The van der Waals surface area contributed by atoms with E-state index in [-0.39, 0.29) is 0 Å². The van der Waals surface area contributed by atoms with Crippen molar-refractivity contribution in [2.45, 2.75) is 13.8 Å². The molecule has 0 amide bonds. The van der Waals surface area contributed by atoms with Gasteiger partial charge in [-0.05, 0) is 72.8 Å². The molecular formula is C46H42N6. The number of hydrogen-bond acceptors (Lipinski definition) is 4. The van der Waals surface area contributed by atoms with E-state index < -0.39 is 0 Å². The molecule has 52 heavy (non-hydrogen) atoms. The first-order chi connectivity index (χ1) is 25.4. The zero-order valence-corrected chi connectivity index (χ0v) is 30.5. The lowest BCUT2D eigenvalue weighted by Gasteiger charge is -2.13. The van der Waals surface area contributed by atoms with Gasteiger partial charge in [0, 0.05) is 78.3 Å². The van der Waals surface area contributed by atoms with Gasteiger partial charge in [0.05, 0.1) is 16.7 Å². The summed E-state index contributed by atoms with van der Waals surface area (Å²) in [6.45, 7) is 4.00. The minimum atomic E-state index is 0.781. The fourth-order valence-corrected chi connectivity index (χ4v) is 6.50. The number of fused-ring (bicyclic) bond motifs is 3. The van der Waals surface area contributed by atoms with Crippen molar-refractivity contribution in [1.29, 1.82) is 0 Å². The maximum Gasteiger partial charge on any atom is 0.168 e. The Hall–Kier alpha value is -6.58. The van der Waals surface area contributed by atoms with E-state index in [2.05, 4.69) is 166 Å². The third-order valence-corrected chi connectivity index (χ3v) is 9.05. The molecular weight excluding hydrogens is 637 g/mol. The van der Waals surface area contributed by atoms with E-state index in [4.69, 9.17) is 0 Å². The van der Waals surface area contributed by atoms with E-state index in [1.165, 1.54) is 22.1 Å². The van der Waals surface area contributed by atoms with Crippen molar-refractivity contribution < 1.29 is 0 Å². The van der Waals surface area contributed by atoms with Gasteiger partial charge in [-0.1, -0.05) is 98.5 Å². The molecule has 6 heteroatoms. The molecule has 0 radical (unpaired) electrons. The van der Waals surface area contributed by atoms with Gasteiger partial charge in [0.25, 0.3) is 0 Å². The second kappa shape index (κ2) is 14.7. The molecule has 6 aromatic carbocycles. The van der Waals surface area contributed by atoms with Gasteiger partial charge in [-0.15, -0.1) is 10.2 Å². The average Bonchev–Trinajstić information content (AvgIpc) is 3.78. The number of hydrogen-bond donors (Lipinski definition) is 0. The van der Waals surface area contributed by atoms with Gasteiger partial charge >= 0.3 is 0 Å². The van der Waals surface area contributed by atoms with Crippen molar-refractivity contribution in [3.05, 3.63) is 157 Å². The Morgan fingerprint density at radius 1 is 0.442 bits per heavy atom. The molecule has 0 fully saturated rings. The van der Waals surface area contributed by atoms with Crippen molar-refractivity contribution in [1.82, 2.24) is 19.3 Å². The molecule has 8 rings (SSSR count). The van der Waals surface area contributed by atoms with Gasteiger partial charge in [0.2, 0.25) is 0 Å². The van der Waals surface area contributed by atoms with Gasteiger partial charge in [-0.2, -0.15) is 0 Å². The predicted molar refractivity (Wildman–Crippen MR) is 219 cm³/mol. The number of anilines is 2. The fourth-order valence-electron chi connectivity index (χ4n) is 6.50. The first-order valence-electron chi connectivity index (χ1n) is 17.7. The number of aromatic nitrogens is 4. The molecule has 256 valence electrons. The predicted octanol–water partition coefficient (Wildman–Crippen LogP) is 10.3. The van der Waals surface area contributed by atoms with Crippen LogP contribution in [0.1, 0.15) is 25.0 Å². The molecule has 6 nitrogen and oxygen atoms in total. The lowest BCUT2D eigenvalue weighted by atomic mass is 10.1. The second-order valence-electron chi connectivity index (χ2n) is 12.8. The molecule has 0 bridgehead atoms. The molecule has 0 saturated heterocycles. The summed E-state index contributed by atoms with van der Waals surface area (Å²) in [6.07, 6.45) is 0. The lowest BCUT2D eigenvalue weighted by Crippen LogP contribution is -2.08. The van der Waals surface area contributed by atoms with Crippen LogP contribution in [0, 0.1) is 11.8 Å². The summed E-state index contributed by atoms with van der Waals surface area (Å²) in [5.41, 5.74) is 10.5. The Morgan fingerprint density at radius 2 is 0.865 bits per heavy atom. The molecule has 0 spiro atoms. The molecule has 8 aromatic rings. The van der Waals surface area contributed by atoms with E-state index in [0.717, 1.165) is 56.3 Å². The molecule has 0 atom stereocenters. The van der Waals surface area contributed by atoms with Gasteiger partial charge in [-0.3, -0.25) is 4.57 Å². The third kappa shape index (κ3) is 6.53. The zero-order chi connectivity index (χ0) is 36.2. The number of nitrogens with zero attached hydrogens (tertiary/aromatic N) is 6.